The van der Waals surface area contributed by atoms with E-state index in [2.05, 4.69) is 5.32 Å². The Morgan fingerprint density at radius 1 is 1.06 bits per heavy atom. The molecule has 3 rings (SSSR count). The number of amides is 2. The standard InChI is InChI=1S/C27H36N2O3/c1-4-24(27(31)28-23-13-9-6-10-14-23)29(18-22-11-7-5-8-12-22)26(30)19-32-25-17-20(2)15-16-21(25)3/h5,7-8,11-12,15-17,23-24H,4,6,9-10,13-14,18-19H2,1-3H3,(H,28,31). The van der Waals surface area contributed by atoms with E-state index in [1.165, 1.54) is 6.42 Å². The Morgan fingerprint density at radius 2 is 1.78 bits per heavy atom. The molecule has 2 aromatic carbocycles. The number of ether oxygens (including phenoxy) is 1. The second-order valence-electron chi connectivity index (χ2n) is 8.83. The Bertz CT molecular complexity index is 891. The van der Waals surface area contributed by atoms with Crippen LogP contribution < -0.4 is 10.1 Å². The van der Waals surface area contributed by atoms with Crippen molar-refractivity contribution in [2.45, 2.75) is 77.9 Å². The van der Waals surface area contributed by atoms with Crippen molar-refractivity contribution in [3.05, 3.63) is 65.2 Å². The molecule has 0 spiro atoms. The van der Waals surface area contributed by atoms with Gasteiger partial charge in [-0.25, -0.2) is 0 Å². The topological polar surface area (TPSA) is 58.6 Å². The molecule has 1 saturated carbocycles. The van der Waals surface area contributed by atoms with Crippen LogP contribution in [0.1, 0.15) is 62.1 Å². The van der Waals surface area contributed by atoms with Gasteiger partial charge in [0.2, 0.25) is 5.91 Å². The van der Waals surface area contributed by atoms with Gasteiger partial charge in [-0.1, -0.05) is 68.7 Å². The first-order valence-electron chi connectivity index (χ1n) is 11.8. The quantitative estimate of drug-likeness (QED) is 0.606. The lowest BCUT2D eigenvalue weighted by Crippen LogP contribution is -2.52. The lowest BCUT2D eigenvalue weighted by Gasteiger charge is -2.32. The number of nitrogens with zero attached hydrogens (tertiary/aromatic N) is 1. The minimum atomic E-state index is -0.521. The fourth-order valence-electron chi connectivity index (χ4n) is 4.33. The minimum Gasteiger partial charge on any atom is -0.483 e. The summed E-state index contributed by atoms with van der Waals surface area (Å²) < 4.78 is 5.90. The summed E-state index contributed by atoms with van der Waals surface area (Å²) in [5.74, 6) is 0.466. The van der Waals surface area contributed by atoms with Gasteiger partial charge in [-0.3, -0.25) is 9.59 Å². The predicted octanol–water partition coefficient (Wildman–Crippen LogP) is 4.94. The van der Waals surface area contributed by atoms with Crippen molar-refractivity contribution < 1.29 is 14.3 Å². The van der Waals surface area contributed by atoms with Crippen LogP contribution in [0.5, 0.6) is 5.75 Å². The van der Waals surface area contributed by atoms with Crippen LogP contribution in [0, 0.1) is 13.8 Å². The van der Waals surface area contributed by atoms with Gasteiger partial charge in [0.1, 0.15) is 11.8 Å². The van der Waals surface area contributed by atoms with E-state index < -0.39 is 6.04 Å². The number of carbonyl (C=O) groups is 2. The highest BCUT2D eigenvalue weighted by atomic mass is 16.5. The molecule has 0 aromatic heterocycles. The summed E-state index contributed by atoms with van der Waals surface area (Å²) in [5.41, 5.74) is 3.06. The predicted molar refractivity (Wildman–Crippen MR) is 127 cm³/mol. The smallest absolute Gasteiger partial charge is 0.261 e. The summed E-state index contributed by atoms with van der Waals surface area (Å²) in [4.78, 5) is 28.2. The number of benzene rings is 2. The molecule has 2 amide bonds. The van der Waals surface area contributed by atoms with Crippen molar-refractivity contribution in [2.75, 3.05) is 6.61 Å². The first kappa shape index (κ1) is 23.8. The maximum Gasteiger partial charge on any atom is 0.261 e. The summed E-state index contributed by atoms with van der Waals surface area (Å²) >= 11 is 0. The molecule has 1 fully saturated rings. The van der Waals surface area contributed by atoms with E-state index in [4.69, 9.17) is 4.74 Å². The van der Waals surface area contributed by atoms with Crippen LogP contribution in [0.15, 0.2) is 48.5 Å². The van der Waals surface area contributed by atoms with E-state index in [0.717, 1.165) is 42.4 Å². The normalized spacial score (nSPS) is 15.1. The summed E-state index contributed by atoms with van der Waals surface area (Å²) in [6.07, 6.45) is 6.13. The van der Waals surface area contributed by atoms with E-state index in [-0.39, 0.29) is 24.5 Å². The second kappa shape index (κ2) is 11.7. The first-order chi connectivity index (χ1) is 15.5. The van der Waals surface area contributed by atoms with Crippen LogP contribution in [-0.4, -0.2) is 35.4 Å². The van der Waals surface area contributed by atoms with E-state index in [9.17, 15) is 9.59 Å². The summed E-state index contributed by atoms with van der Waals surface area (Å²) in [6, 6.07) is 15.5. The van der Waals surface area contributed by atoms with Gasteiger partial charge in [0.15, 0.2) is 6.61 Å². The van der Waals surface area contributed by atoms with Crippen molar-refractivity contribution in [1.82, 2.24) is 10.2 Å². The highest BCUT2D eigenvalue weighted by Crippen LogP contribution is 2.21. The lowest BCUT2D eigenvalue weighted by atomic mass is 9.95. The largest absolute Gasteiger partial charge is 0.483 e. The molecule has 32 heavy (non-hydrogen) atoms. The van der Waals surface area contributed by atoms with Gasteiger partial charge in [-0.05, 0) is 55.9 Å². The van der Waals surface area contributed by atoms with Gasteiger partial charge in [0.25, 0.3) is 5.91 Å². The maximum absolute atomic E-state index is 13.3. The Hall–Kier alpha value is -2.82. The van der Waals surface area contributed by atoms with Gasteiger partial charge in [0.05, 0.1) is 0 Å². The average molecular weight is 437 g/mol. The number of nitrogens with one attached hydrogen (secondary N) is 1. The number of aryl methyl sites for hydroxylation is 2. The Labute approximate surface area is 192 Å². The zero-order chi connectivity index (χ0) is 22.9. The van der Waals surface area contributed by atoms with Crippen molar-refractivity contribution in [3.8, 4) is 5.75 Å². The molecule has 0 bridgehead atoms. The zero-order valence-corrected chi connectivity index (χ0v) is 19.6. The molecule has 5 nitrogen and oxygen atoms in total. The van der Waals surface area contributed by atoms with Gasteiger partial charge >= 0.3 is 0 Å². The molecule has 0 saturated heterocycles. The van der Waals surface area contributed by atoms with Crippen molar-refractivity contribution >= 4 is 11.8 Å². The third-order valence-corrected chi connectivity index (χ3v) is 6.23. The summed E-state index contributed by atoms with van der Waals surface area (Å²) in [5, 5.41) is 3.21. The molecule has 1 aliphatic carbocycles. The van der Waals surface area contributed by atoms with Gasteiger partial charge < -0.3 is 15.0 Å². The van der Waals surface area contributed by atoms with Crippen LogP contribution in [0.25, 0.3) is 0 Å². The minimum absolute atomic E-state index is 0.0598. The third kappa shape index (κ3) is 6.59. The molecular weight excluding hydrogens is 400 g/mol. The molecular formula is C27H36N2O3. The number of carbonyl (C=O) groups excluding carboxylic acids is 2. The van der Waals surface area contributed by atoms with Crippen LogP contribution in [0.2, 0.25) is 0 Å². The van der Waals surface area contributed by atoms with E-state index in [1.54, 1.807) is 4.90 Å². The zero-order valence-electron chi connectivity index (χ0n) is 19.6. The van der Waals surface area contributed by atoms with Crippen LogP contribution in [0.4, 0.5) is 0 Å². The van der Waals surface area contributed by atoms with Crippen LogP contribution in [-0.2, 0) is 16.1 Å². The number of rotatable bonds is 9. The Morgan fingerprint density at radius 3 is 2.47 bits per heavy atom. The van der Waals surface area contributed by atoms with E-state index >= 15 is 0 Å². The fraction of sp³-hybridized carbons (Fsp3) is 0.481. The average Bonchev–Trinajstić information content (AvgIpc) is 2.80. The summed E-state index contributed by atoms with van der Waals surface area (Å²) in [6.45, 7) is 6.21. The number of hydrogen-bond acceptors (Lipinski definition) is 3. The number of hydrogen-bond donors (Lipinski definition) is 1. The molecule has 5 heteroatoms. The van der Waals surface area contributed by atoms with Crippen LogP contribution >= 0.6 is 0 Å². The molecule has 2 aromatic rings. The molecule has 1 aliphatic rings. The Balaban J connectivity index is 1.75. The van der Waals surface area contributed by atoms with Gasteiger partial charge in [0, 0.05) is 12.6 Å². The SMILES string of the molecule is CCC(C(=O)NC1CCCCC1)N(Cc1ccccc1)C(=O)COc1cc(C)ccc1C. The first-order valence-corrected chi connectivity index (χ1v) is 11.8. The van der Waals surface area contributed by atoms with Crippen molar-refractivity contribution in [3.63, 3.8) is 0 Å². The van der Waals surface area contributed by atoms with E-state index in [0.29, 0.717) is 18.7 Å². The molecule has 0 heterocycles. The third-order valence-electron chi connectivity index (χ3n) is 6.23. The van der Waals surface area contributed by atoms with Crippen LogP contribution in [0.3, 0.4) is 0 Å². The molecule has 0 aliphatic heterocycles. The monoisotopic (exact) mass is 436 g/mol. The molecule has 1 atom stereocenters. The summed E-state index contributed by atoms with van der Waals surface area (Å²) in [7, 11) is 0. The van der Waals surface area contributed by atoms with Crippen molar-refractivity contribution in [1.29, 1.82) is 0 Å². The van der Waals surface area contributed by atoms with Crippen molar-refractivity contribution in [2.24, 2.45) is 0 Å². The lowest BCUT2D eigenvalue weighted by molar-refractivity contribution is -0.143. The molecule has 0 radical (unpaired) electrons. The van der Waals surface area contributed by atoms with Gasteiger partial charge in [-0.15, -0.1) is 0 Å². The highest BCUT2D eigenvalue weighted by Gasteiger charge is 2.30. The maximum atomic E-state index is 13.3. The fourth-order valence-corrected chi connectivity index (χ4v) is 4.33. The molecule has 1 N–H and O–H groups in total. The van der Waals surface area contributed by atoms with E-state index in [1.807, 2.05) is 69.3 Å². The highest BCUT2D eigenvalue weighted by molar-refractivity contribution is 5.88. The van der Waals surface area contributed by atoms with Gasteiger partial charge in [-0.2, -0.15) is 0 Å². The molecule has 1 unspecified atom stereocenters. The molecule has 172 valence electrons. The second-order valence-corrected chi connectivity index (χ2v) is 8.83. The Kier molecular flexibility index (Phi) is 8.72.